The van der Waals surface area contributed by atoms with Crippen molar-refractivity contribution >= 4 is 5.82 Å². The van der Waals surface area contributed by atoms with Crippen LogP contribution in [0.3, 0.4) is 0 Å². The van der Waals surface area contributed by atoms with E-state index in [4.69, 9.17) is 0 Å². The molecule has 1 heterocycles. The lowest BCUT2D eigenvalue weighted by Crippen LogP contribution is -2.16. The van der Waals surface area contributed by atoms with E-state index < -0.39 is 0 Å². The van der Waals surface area contributed by atoms with Gasteiger partial charge in [-0.25, -0.2) is 9.97 Å². The predicted octanol–water partition coefficient (Wildman–Crippen LogP) is 2.72. The zero-order valence-corrected chi connectivity index (χ0v) is 9.26. The number of aromatic nitrogens is 2. The fourth-order valence-corrected chi connectivity index (χ4v) is 1.01. The highest BCUT2D eigenvalue weighted by Gasteiger charge is 2.17. The van der Waals surface area contributed by atoms with Gasteiger partial charge in [0.05, 0.1) is 0 Å². The van der Waals surface area contributed by atoms with E-state index in [2.05, 4.69) is 42.6 Å². The van der Waals surface area contributed by atoms with Crippen LogP contribution in [0, 0.1) is 0 Å². The molecule has 3 nitrogen and oxygen atoms in total. The summed E-state index contributed by atoms with van der Waals surface area (Å²) < 4.78 is 0. The number of anilines is 1. The van der Waals surface area contributed by atoms with Crippen LogP contribution in [0.4, 0.5) is 5.82 Å². The molecule has 0 aliphatic rings. The third-order valence-corrected chi connectivity index (χ3v) is 1.67. The number of allylic oxidation sites excluding steroid dienone is 1. The number of hydrogen-bond donors (Lipinski definition) is 1. The third-order valence-electron chi connectivity index (χ3n) is 1.67. The molecular weight excluding hydrogens is 174 g/mol. The molecule has 0 aliphatic carbocycles. The number of hydrogen-bond acceptors (Lipinski definition) is 3. The molecule has 0 bridgehead atoms. The van der Waals surface area contributed by atoms with Gasteiger partial charge in [0, 0.05) is 17.3 Å². The van der Waals surface area contributed by atoms with Crippen LogP contribution in [-0.2, 0) is 5.41 Å². The standard InChI is InChI=1S/C11H17N3/c1-8(2)13-9-6-7-12-10(14-9)11(3,4)5/h6-7H,1H2,2-5H3,(H,12,13,14). The minimum absolute atomic E-state index is 0.0211. The number of nitrogens with zero attached hydrogens (tertiary/aromatic N) is 2. The highest BCUT2D eigenvalue weighted by Crippen LogP contribution is 2.18. The van der Waals surface area contributed by atoms with Gasteiger partial charge in [-0.15, -0.1) is 0 Å². The molecule has 0 aromatic carbocycles. The van der Waals surface area contributed by atoms with Gasteiger partial charge in [-0.05, 0) is 13.0 Å². The van der Waals surface area contributed by atoms with Crippen molar-refractivity contribution in [3.05, 3.63) is 30.4 Å². The lowest BCUT2D eigenvalue weighted by atomic mass is 9.96. The van der Waals surface area contributed by atoms with Crippen molar-refractivity contribution < 1.29 is 0 Å². The van der Waals surface area contributed by atoms with Gasteiger partial charge in [0.25, 0.3) is 0 Å². The van der Waals surface area contributed by atoms with Crippen LogP contribution in [0.15, 0.2) is 24.5 Å². The van der Waals surface area contributed by atoms with E-state index in [9.17, 15) is 0 Å². The molecule has 0 amide bonds. The molecule has 0 saturated carbocycles. The molecule has 1 rings (SSSR count). The number of rotatable bonds is 2. The van der Waals surface area contributed by atoms with Crippen molar-refractivity contribution in [3.63, 3.8) is 0 Å². The molecule has 3 heteroatoms. The van der Waals surface area contributed by atoms with E-state index in [0.717, 1.165) is 17.3 Å². The van der Waals surface area contributed by atoms with Gasteiger partial charge < -0.3 is 5.32 Å². The van der Waals surface area contributed by atoms with E-state index in [0.29, 0.717) is 0 Å². The van der Waals surface area contributed by atoms with E-state index in [1.807, 2.05) is 13.0 Å². The summed E-state index contributed by atoms with van der Waals surface area (Å²) in [6.45, 7) is 11.9. The van der Waals surface area contributed by atoms with E-state index in [1.54, 1.807) is 6.20 Å². The normalized spacial score (nSPS) is 11.1. The highest BCUT2D eigenvalue weighted by atomic mass is 15.0. The van der Waals surface area contributed by atoms with E-state index in [-0.39, 0.29) is 5.41 Å². The first-order chi connectivity index (χ1) is 6.39. The number of nitrogens with one attached hydrogen (secondary N) is 1. The quantitative estimate of drug-likeness (QED) is 0.781. The molecule has 0 saturated heterocycles. The van der Waals surface area contributed by atoms with Crippen LogP contribution in [0.25, 0.3) is 0 Å². The summed E-state index contributed by atoms with van der Waals surface area (Å²) in [6, 6.07) is 1.84. The van der Waals surface area contributed by atoms with Gasteiger partial charge in [-0.2, -0.15) is 0 Å². The first-order valence-corrected chi connectivity index (χ1v) is 4.65. The molecule has 0 spiro atoms. The largest absolute Gasteiger partial charge is 0.345 e. The minimum atomic E-state index is -0.0211. The fraction of sp³-hybridized carbons (Fsp3) is 0.455. The molecular formula is C11H17N3. The average Bonchev–Trinajstić information content (AvgIpc) is 2.01. The average molecular weight is 191 g/mol. The van der Waals surface area contributed by atoms with Crippen LogP contribution in [0.1, 0.15) is 33.5 Å². The van der Waals surface area contributed by atoms with Gasteiger partial charge in [0.15, 0.2) is 0 Å². The zero-order chi connectivity index (χ0) is 10.8. The Morgan fingerprint density at radius 1 is 1.43 bits per heavy atom. The smallest absolute Gasteiger partial charge is 0.135 e. The van der Waals surface area contributed by atoms with Crippen LogP contribution in [0.5, 0.6) is 0 Å². The van der Waals surface area contributed by atoms with Crippen molar-refractivity contribution in [2.75, 3.05) is 5.32 Å². The van der Waals surface area contributed by atoms with Crippen LogP contribution in [-0.4, -0.2) is 9.97 Å². The Balaban J connectivity index is 2.95. The molecule has 0 unspecified atom stereocenters. The molecule has 1 aromatic rings. The maximum absolute atomic E-state index is 4.40. The minimum Gasteiger partial charge on any atom is -0.345 e. The summed E-state index contributed by atoms with van der Waals surface area (Å²) in [5, 5.41) is 3.07. The second-order valence-corrected chi connectivity index (χ2v) is 4.42. The van der Waals surface area contributed by atoms with Crippen LogP contribution >= 0.6 is 0 Å². The lowest BCUT2D eigenvalue weighted by molar-refractivity contribution is 0.546. The summed E-state index contributed by atoms with van der Waals surface area (Å²) in [6.07, 6.45) is 1.76. The molecule has 14 heavy (non-hydrogen) atoms. The zero-order valence-electron chi connectivity index (χ0n) is 9.26. The highest BCUT2D eigenvalue weighted by molar-refractivity contribution is 5.39. The maximum atomic E-state index is 4.40. The Bertz CT molecular complexity index is 337. The molecule has 1 aromatic heterocycles. The van der Waals surface area contributed by atoms with Gasteiger partial charge in [-0.3, -0.25) is 0 Å². The van der Waals surface area contributed by atoms with Crippen LogP contribution in [0.2, 0.25) is 0 Å². The van der Waals surface area contributed by atoms with Gasteiger partial charge in [0.1, 0.15) is 11.6 Å². The first kappa shape index (κ1) is 10.7. The first-order valence-electron chi connectivity index (χ1n) is 4.65. The summed E-state index contributed by atoms with van der Waals surface area (Å²) >= 11 is 0. The summed E-state index contributed by atoms with van der Waals surface area (Å²) in [5.74, 6) is 1.64. The Hall–Kier alpha value is -1.38. The SMILES string of the molecule is C=C(C)Nc1ccnc(C(C)(C)C)n1. The van der Waals surface area contributed by atoms with E-state index in [1.165, 1.54) is 0 Å². The Labute approximate surface area is 85.3 Å². The Morgan fingerprint density at radius 2 is 2.07 bits per heavy atom. The Kier molecular flexibility index (Phi) is 2.89. The van der Waals surface area contributed by atoms with Crippen molar-refractivity contribution in [1.29, 1.82) is 0 Å². The summed E-state index contributed by atoms with van der Waals surface area (Å²) in [5.41, 5.74) is 0.857. The van der Waals surface area contributed by atoms with Crippen molar-refractivity contribution in [2.24, 2.45) is 0 Å². The van der Waals surface area contributed by atoms with E-state index >= 15 is 0 Å². The maximum Gasteiger partial charge on any atom is 0.135 e. The van der Waals surface area contributed by atoms with Crippen molar-refractivity contribution in [2.45, 2.75) is 33.1 Å². The topological polar surface area (TPSA) is 37.8 Å². The van der Waals surface area contributed by atoms with Gasteiger partial charge in [0.2, 0.25) is 0 Å². The third kappa shape index (κ3) is 2.83. The van der Waals surface area contributed by atoms with Crippen LogP contribution < -0.4 is 5.32 Å². The molecule has 1 N–H and O–H groups in total. The molecule has 0 atom stereocenters. The second kappa shape index (κ2) is 3.78. The van der Waals surface area contributed by atoms with Crippen molar-refractivity contribution in [3.8, 4) is 0 Å². The van der Waals surface area contributed by atoms with Gasteiger partial charge in [-0.1, -0.05) is 27.4 Å². The summed E-state index contributed by atoms with van der Waals surface area (Å²) in [7, 11) is 0. The van der Waals surface area contributed by atoms with Gasteiger partial charge >= 0.3 is 0 Å². The summed E-state index contributed by atoms with van der Waals surface area (Å²) in [4.78, 5) is 8.64. The molecule has 0 fully saturated rings. The molecule has 0 aliphatic heterocycles. The van der Waals surface area contributed by atoms with Crippen molar-refractivity contribution in [1.82, 2.24) is 9.97 Å². The monoisotopic (exact) mass is 191 g/mol. The lowest BCUT2D eigenvalue weighted by Gasteiger charge is -2.17. The Morgan fingerprint density at radius 3 is 2.57 bits per heavy atom. The molecule has 76 valence electrons. The molecule has 0 radical (unpaired) electrons. The predicted molar refractivity (Wildman–Crippen MR) is 59.2 cm³/mol. The fourth-order valence-electron chi connectivity index (χ4n) is 1.01. The second-order valence-electron chi connectivity index (χ2n) is 4.42.